The number of carbonyl (C=O) groups is 1. The Bertz CT molecular complexity index is 688. The fourth-order valence-corrected chi connectivity index (χ4v) is 2.34. The first-order valence-corrected chi connectivity index (χ1v) is 6.79. The van der Waals surface area contributed by atoms with E-state index < -0.39 is 11.8 Å². The minimum atomic E-state index is -1.25. The number of carboxylic acids is 1. The van der Waals surface area contributed by atoms with Crippen LogP contribution >= 0.6 is 45.8 Å². The monoisotopic (exact) mass is 414 g/mol. The van der Waals surface area contributed by atoms with Crippen LogP contribution in [0.4, 0.5) is 4.39 Å². The Morgan fingerprint density at radius 3 is 2.58 bits per heavy atom. The largest absolute Gasteiger partial charge is 0.478 e. The summed E-state index contributed by atoms with van der Waals surface area (Å²) in [7, 11) is 0. The summed E-state index contributed by atoms with van der Waals surface area (Å²) >= 11 is 13.7. The molecule has 0 spiro atoms. The van der Waals surface area contributed by atoms with Crippen molar-refractivity contribution in [3.63, 3.8) is 0 Å². The van der Waals surface area contributed by atoms with E-state index in [9.17, 15) is 9.18 Å². The van der Waals surface area contributed by atoms with Gasteiger partial charge in [-0.2, -0.15) is 5.10 Å². The molecule has 1 heterocycles. The molecule has 1 aromatic carbocycles. The van der Waals surface area contributed by atoms with Crippen LogP contribution in [-0.4, -0.2) is 20.9 Å². The summed E-state index contributed by atoms with van der Waals surface area (Å²) in [5, 5.41) is 13.1. The molecule has 0 aliphatic heterocycles. The average molecular weight is 415 g/mol. The lowest BCUT2D eigenvalue weighted by Gasteiger charge is -2.07. The Morgan fingerprint density at radius 2 is 2.11 bits per heavy atom. The van der Waals surface area contributed by atoms with Gasteiger partial charge < -0.3 is 5.11 Å². The number of hydrogen-bond acceptors (Lipinski definition) is 2. The number of carboxylic acid groups (broad SMARTS) is 1. The van der Waals surface area contributed by atoms with Crippen molar-refractivity contribution in [2.75, 3.05) is 0 Å². The van der Waals surface area contributed by atoms with E-state index in [1.165, 1.54) is 0 Å². The first-order valence-electron chi connectivity index (χ1n) is 4.96. The molecule has 2 aromatic rings. The zero-order valence-corrected chi connectivity index (χ0v) is 13.1. The number of aryl methyl sites for hydroxylation is 1. The summed E-state index contributed by atoms with van der Waals surface area (Å²) in [5.74, 6) is -1.95. The fraction of sp³-hybridized carbons (Fsp3) is 0.0909. The highest BCUT2D eigenvalue weighted by Crippen LogP contribution is 2.29. The SMILES string of the molecule is Cc1nn(-c2cc(C(=O)O)c(Cl)cc2F)c(Cl)c1I. The van der Waals surface area contributed by atoms with Crippen LogP contribution in [0.25, 0.3) is 5.69 Å². The molecular weight excluding hydrogens is 409 g/mol. The Kier molecular flexibility index (Phi) is 4.03. The molecule has 0 bridgehead atoms. The van der Waals surface area contributed by atoms with Gasteiger partial charge in [0.15, 0.2) is 0 Å². The summed E-state index contributed by atoms with van der Waals surface area (Å²) in [5.41, 5.74) is 0.354. The second-order valence-corrected chi connectivity index (χ2v) is 5.53. The minimum Gasteiger partial charge on any atom is -0.478 e. The summed E-state index contributed by atoms with van der Waals surface area (Å²) in [6.07, 6.45) is 0. The number of nitrogens with zero attached hydrogens (tertiary/aromatic N) is 2. The lowest BCUT2D eigenvalue weighted by molar-refractivity contribution is 0.0697. The van der Waals surface area contributed by atoms with Crippen molar-refractivity contribution in [2.45, 2.75) is 6.92 Å². The topological polar surface area (TPSA) is 55.1 Å². The lowest BCUT2D eigenvalue weighted by atomic mass is 10.2. The van der Waals surface area contributed by atoms with Crippen molar-refractivity contribution in [3.05, 3.63) is 43.0 Å². The molecule has 19 heavy (non-hydrogen) atoms. The molecule has 0 fully saturated rings. The number of halogens is 4. The third-order valence-corrected chi connectivity index (χ3v) is 4.70. The van der Waals surface area contributed by atoms with E-state index in [0.29, 0.717) is 9.26 Å². The van der Waals surface area contributed by atoms with Gasteiger partial charge in [0.05, 0.1) is 19.9 Å². The molecule has 1 aromatic heterocycles. The third-order valence-electron chi connectivity index (χ3n) is 2.43. The molecular formula is C11H6Cl2FIN2O2. The van der Waals surface area contributed by atoms with Crippen LogP contribution in [0.5, 0.6) is 0 Å². The zero-order valence-electron chi connectivity index (χ0n) is 9.42. The van der Waals surface area contributed by atoms with Gasteiger partial charge in [0.2, 0.25) is 0 Å². The van der Waals surface area contributed by atoms with E-state index in [0.717, 1.165) is 16.8 Å². The molecule has 8 heteroatoms. The van der Waals surface area contributed by atoms with Crippen molar-refractivity contribution in [1.29, 1.82) is 0 Å². The lowest BCUT2D eigenvalue weighted by Crippen LogP contribution is -2.05. The minimum absolute atomic E-state index is 0.0576. The van der Waals surface area contributed by atoms with E-state index in [1.807, 2.05) is 22.6 Å². The highest BCUT2D eigenvalue weighted by atomic mass is 127. The molecule has 0 aliphatic carbocycles. The van der Waals surface area contributed by atoms with Gasteiger partial charge in [-0.05, 0) is 41.6 Å². The van der Waals surface area contributed by atoms with Gasteiger partial charge in [0.25, 0.3) is 0 Å². The molecule has 0 atom stereocenters. The number of aromatic carboxylic acids is 1. The van der Waals surface area contributed by atoms with E-state index in [-0.39, 0.29) is 21.4 Å². The van der Waals surface area contributed by atoms with Gasteiger partial charge in [0, 0.05) is 0 Å². The van der Waals surface area contributed by atoms with Gasteiger partial charge in [0.1, 0.15) is 16.7 Å². The number of rotatable bonds is 2. The quantitative estimate of drug-likeness (QED) is 0.757. The summed E-state index contributed by atoms with van der Waals surface area (Å²) in [6, 6.07) is 2.04. The first kappa shape index (κ1) is 14.5. The molecule has 2 rings (SSSR count). The predicted octanol–water partition coefficient (Wildman–Crippen LogP) is 3.93. The number of benzene rings is 1. The molecule has 0 saturated carbocycles. The molecule has 100 valence electrons. The second kappa shape index (κ2) is 5.26. The standard InChI is InChI=1S/C11H6Cl2FIN2O2/c1-4-9(15)10(13)17(16-4)8-2-5(11(18)19)6(12)3-7(8)14/h2-3H,1H3,(H,18,19). The normalized spacial score (nSPS) is 10.8. The molecule has 1 N–H and O–H groups in total. The van der Waals surface area contributed by atoms with Crippen molar-refractivity contribution >= 4 is 51.8 Å². The predicted molar refractivity (Wildman–Crippen MR) is 78.0 cm³/mol. The number of hydrogen-bond donors (Lipinski definition) is 1. The van der Waals surface area contributed by atoms with Crippen LogP contribution in [0.3, 0.4) is 0 Å². The van der Waals surface area contributed by atoms with Crippen LogP contribution in [0.2, 0.25) is 10.2 Å². The van der Waals surface area contributed by atoms with Crippen molar-refractivity contribution in [2.24, 2.45) is 0 Å². The molecule has 0 saturated heterocycles. The second-order valence-electron chi connectivity index (χ2n) is 3.69. The van der Waals surface area contributed by atoms with Crippen molar-refractivity contribution in [3.8, 4) is 5.69 Å². The van der Waals surface area contributed by atoms with E-state index in [1.54, 1.807) is 6.92 Å². The maximum absolute atomic E-state index is 13.9. The Morgan fingerprint density at radius 1 is 1.47 bits per heavy atom. The average Bonchev–Trinajstić information content (AvgIpc) is 2.57. The molecule has 4 nitrogen and oxygen atoms in total. The van der Waals surface area contributed by atoms with Crippen LogP contribution in [0.1, 0.15) is 16.1 Å². The van der Waals surface area contributed by atoms with Crippen LogP contribution in [0, 0.1) is 16.3 Å². The van der Waals surface area contributed by atoms with Crippen LogP contribution in [0.15, 0.2) is 12.1 Å². The summed E-state index contributed by atoms with van der Waals surface area (Å²) in [6.45, 7) is 1.72. The van der Waals surface area contributed by atoms with Crippen LogP contribution in [-0.2, 0) is 0 Å². The van der Waals surface area contributed by atoms with Crippen molar-refractivity contribution < 1.29 is 14.3 Å². The molecule has 0 unspecified atom stereocenters. The maximum Gasteiger partial charge on any atom is 0.337 e. The highest BCUT2D eigenvalue weighted by molar-refractivity contribution is 14.1. The third kappa shape index (κ3) is 2.56. The molecule has 0 amide bonds. The highest BCUT2D eigenvalue weighted by Gasteiger charge is 2.19. The van der Waals surface area contributed by atoms with Crippen molar-refractivity contribution in [1.82, 2.24) is 9.78 Å². The van der Waals surface area contributed by atoms with E-state index in [2.05, 4.69) is 5.10 Å². The van der Waals surface area contributed by atoms with E-state index >= 15 is 0 Å². The molecule has 0 radical (unpaired) electrons. The summed E-state index contributed by atoms with van der Waals surface area (Å²) < 4.78 is 15.7. The Hall–Kier alpha value is -0.860. The van der Waals surface area contributed by atoms with E-state index in [4.69, 9.17) is 28.3 Å². The van der Waals surface area contributed by atoms with Gasteiger partial charge in [-0.1, -0.05) is 23.2 Å². The van der Waals surface area contributed by atoms with Gasteiger partial charge in [-0.25, -0.2) is 13.9 Å². The summed E-state index contributed by atoms with van der Waals surface area (Å²) in [4.78, 5) is 11.0. The zero-order chi connectivity index (χ0) is 14.3. The van der Waals surface area contributed by atoms with Gasteiger partial charge >= 0.3 is 5.97 Å². The Balaban J connectivity index is 2.71. The first-order chi connectivity index (χ1) is 8.82. The number of aromatic nitrogens is 2. The fourth-order valence-electron chi connectivity index (χ4n) is 1.50. The molecule has 0 aliphatic rings. The smallest absolute Gasteiger partial charge is 0.337 e. The van der Waals surface area contributed by atoms with Crippen LogP contribution < -0.4 is 0 Å². The maximum atomic E-state index is 13.9. The Labute approximate surface area is 131 Å². The van der Waals surface area contributed by atoms with Gasteiger partial charge in [-0.15, -0.1) is 0 Å². The van der Waals surface area contributed by atoms with Gasteiger partial charge in [-0.3, -0.25) is 0 Å².